The molecule has 0 bridgehead atoms. The van der Waals surface area contributed by atoms with Crippen molar-refractivity contribution < 1.29 is 4.79 Å². The van der Waals surface area contributed by atoms with Gasteiger partial charge in [0.25, 0.3) is 5.56 Å². The minimum absolute atomic E-state index is 0.0400. The number of amides is 1. The second-order valence-corrected chi connectivity index (χ2v) is 7.43. The first kappa shape index (κ1) is 15.3. The SMILES string of the molecule is Cc1nc2c(sc3ccccc32)c(=O)n1CC(=O)NC1CCCC1. The highest BCUT2D eigenvalue weighted by Crippen LogP contribution is 2.30. The van der Waals surface area contributed by atoms with Crippen molar-refractivity contribution >= 4 is 37.5 Å². The van der Waals surface area contributed by atoms with Crippen LogP contribution in [0.3, 0.4) is 0 Å². The van der Waals surface area contributed by atoms with E-state index in [0.29, 0.717) is 10.5 Å². The molecule has 0 spiro atoms. The van der Waals surface area contributed by atoms with Crippen molar-refractivity contribution in [2.24, 2.45) is 0 Å². The lowest BCUT2D eigenvalue weighted by atomic mass is 10.2. The van der Waals surface area contributed by atoms with Crippen LogP contribution in [-0.4, -0.2) is 21.5 Å². The number of carbonyl (C=O) groups excluding carboxylic acids is 1. The monoisotopic (exact) mass is 341 g/mol. The molecule has 0 aliphatic heterocycles. The topological polar surface area (TPSA) is 64.0 Å². The molecule has 4 rings (SSSR count). The molecule has 0 saturated heterocycles. The molecule has 124 valence electrons. The quantitative estimate of drug-likeness (QED) is 0.796. The zero-order valence-corrected chi connectivity index (χ0v) is 14.4. The van der Waals surface area contributed by atoms with Crippen LogP contribution in [-0.2, 0) is 11.3 Å². The third-order valence-electron chi connectivity index (χ3n) is 4.69. The van der Waals surface area contributed by atoms with Gasteiger partial charge in [-0.1, -0.05) is 31.0 Å². The number of thiophene rings is 1. The van der Waals surface area contributed by atoms with Crippen molar-refractivity contribution in [2.45, 2.75) is 45.2 Å². The van der Waals surface area contributed by atoms with Crippen molar-refractivity contribution in [3.05, 3.63) is 40.4 Å². The summed E-state index contributed by atoms with van der Waals surface area (Å²) in [7, 11) is 0. The average molecular weight is 341 g/mol. The minimum atomic E-state index is -0.125. The number of carbonyl (C=O) groups is 1. The predicted molar refractivity (Wildman–Crippen MR) is 96.5 cm³/mol. The van der Waals surface area contributed by atoms with E-state index in [4.69, 9.17) is 0 Å². The number of benzene rings is 1. The number of hydrogen-bond donors (Lipinski definition) is 1. The van der Waals surface area contributed by atoms with Gasteiger partial charge in [0.05, 0.1) is 5.52 Å². The van der Waals surface area contributed by atoms with Gasteiger partial charge in [-0.3, -0.25) is 14.2 Å². The minimum Gasteiger partial charge on any atom is -0.352 e. The summed E-state index contributed by atoms with van der Waals surface area (Å²) in [5.41, 5.74) is 0.617. The number of hydrogen-bond acceptors (Lipinski definition) is 4. The Hall–Kier alpha value is -2.21. The predicted octanol–water partition coefficient (Wildman–Crippen LogP) is 2.98. The van der Waals surface area contributed by atoms with E-state index in [1.54, 1.807) is 6.92 Å². The molecule has 0 unspecified atom stereocenters. The number of aromatic nitrogens is 2. The normalized spacial score (nSPS) is 15.4. The summed E-state index contributed by atoms with van der Waals surface area (Å²) in [6.45, 7) is 1.83. The van der Waals surface area contributed by atoms with Gasteiger partial charge in [-0.2, -0.15) is 0 Å². The van der Waals surface area contributed by atoms with Crippen LogP contribution in [0.2, 0.25) is 0 Å². The molecule has 1 fully saturated rings. The molecule has 1 aliphatic rings. The van der Waals surface area contributed by atoms with Gasteiger partial charge in [0.1, 0.15) is 17.1 Å². The molecule has 0 atom stereocenters. The fourth-order valence-electron chi connectivity index (χ4n) is 3.45. The van der Waals surface area contributed by atoms with Crippen molar-refractivity contribution in [3.8, 4) is 0 Å². The average Bonchev–Trinajstić information content (AvgIpc) is 3.19. The van der Waals surface area contributed by atoms with Crippen molar-refractivity contribution in [2.75, 3.05) is 0 Å². The Bertz CT molecular complexity index is 983. The summed E-state index contributed by atoms with van der Waals surface area (Å²) in [6.07, 6.45) is 4.40. The van der Waals surface area contributed by atoms with Gasteiger partial charge < -0.3 is 5.32 Å². The molecule has 1 amide bonds. The fourth-order valence-corrected chi connectivity index (χ4v) is 4.54. The van der Waals surface area contributed by atoms with Crippen LogP contribution in [0.5, 0.6) is 0 Å². The zero-order chi connectivity index (χ0) is 16.7. The molecule has 2 heterocycles. The summed E-state index contributed by atoms with van der Waals surface area (Å²) in [5, 5.41) is 4.03. The van der Waals surface area contributed by atoms with E-state index in [9.17, 15) is 9.59 Å². The van der Waals surface area contributed by atoms with Crippen molar-refractivity contribution in [1.29, 1.82) is 0 Å². The van der Waals surface area contributed by atoms with Gasteiger partial charge in [0, 0.05) is 16.1 Å². The molecule has 2 aromatic heterocycles. The Balaban J connectivity index is 1.71. The van der Waals surface area contributed by atoms with Crippen molar-refractivity contribution in [1.82, 2.24) is 14.9 Å². The van der Waals surface area contributed by atoms with Gasteiger partial charge in [-0.15, -0.1) is 11.3 Å². The number of nitrogens with one attached hydrogen (secondary N) is 1. The second kappa shape index (κ2) is 6.02. The lowest BCUT2D eigenvalue weighted by Crippen LogP contribution is -2.38. The summed E-state index contributed by atoms with van der Waals surface area (Å²) < 4.78 is 3.15. The molecular weight excluding hydrogens is 322 g/mol. The highest BCUT2D eigenvalue weighted by Gasteiger charge is 2.19. The summed E-state index contributed by atoms with van der Waals surface area (Å²) >= 11 is 1.44. The molecule has 1 aliphatic carbocycles. The smallest absolute Gasteiger partial charge is 0.272 e. The lowest BCUT2D eigenvalue weighted by Gasteiger charge is -2.14. The molecule has 1 aromatic carbocycles. The molecule has 0 radical (unpaired) electrons. The van der Waals surface area contributed by atoms with E-state index in [-0.39, 0.29) is 24.1 Å². The van der Waals surface area contributed by atoms with Crippen molar-refractivity contribution in [3.63, 3.8) is 0 Å². The van der Waals surface area contributed by atoms with Crippen LogP contribution in [0.4, 0.5) is 0 Å². The van der Waals surface area contributed by atoms with Crippen LogP contribution in [0, 0.1) is 6.92 Å². The van der Waals surface area contributed by atoms with Gasteiger partial charge in [-0.25, -0.2) is 4.98 Å². The summed E-state index contributed by atoms with van der Waals surface area (Å²) in [6, 6.07) is 8.14. The molecular formula is C18H19N3O2S. The first-order chi connectivity index (χ1) is 11.6. The number of rotatable bonds is 3. The Labute approximate surface area is 143 Å². The maximum Gasteiger partial charge on any atom is 0.272 e. The van der Waals surface area contributed by atoms with E-state index in [0.717, 1.165) is 28.4 Å². The van der Waals surface area contributed by atoms with Gasteiger partial charge >= 0.3 is 0 Å². The Morgan fingerprint density at radius 2 is 2.08 bits per heavy atom. The first-order valence-corrected chi connectivity index (χ1v) is 9.13. The molecule has 3 aromatic rings. The maximum absolute atomic E-state index is 12.8. The molecule has 1 saturated carbocycles. The van der Waals surface area contributed by atoms with E-state index < -0.39 is 0 Å². The van der Waals surface area contributed by atoms with E-state index in [2.05, 4.69) is 10.3 Å². The van der Waals surface area contributed by atoms with Gasteiger partial charge in [0.15, 0.2) is 0 Å². The third-order valence-corrected chi connectivity index (χ3v) is 5.84. The summed E-state index contributed by atoms with van der Waals surface area (Å²) in [4.78, 5) is 29.7. The zero-order valence-electron chi connectivity index (χ0n) is 13.5. The largest absolute Gasteiger partial charge is 0.352 e. The number of aryl methyl sites for hydroxylation is 1. The van der Waals surface area contributed by atoms with E-state index >= 15 is 0 Å². The Morgan fingerprint density at radius 1 is 1.33 bits per heavy atom. The standard InChI is InChI=1S/C18H19N3O2S/c1-11-19-16-13-8-4-5-9-14(13)24-17(16)18(23)21(11)10-15(22)20-12-6-2-3-7-12/h4-5,8-9,12H,2-3,6-7,10H2,1H3,(H,20,22). The highest BCUT2D eigenvalue weighted by atomic mass is 32.1. The Kier molecular flexibility index (Phi) is 3.84. The van der Waals surface area contributed by atoms with Gasteiger partial charge in [-0.05, 0) is 25.8 Å². The van der Waals surface area contributed by atoms with Crippen LogP contribution >= 0.6 is 11.3 Å². The van der Waals surface area contributed by atoms with Crippen LogP contribution in [0.25, 0.3) is 20.3 Å². The number of fused-ring (bicyclic) bond motifs is 3. The second-order valence-electron chi connectivity index (χ2n) is 6.38. The molecule has 24 heavy (non-hydrogen) atoms. The van der Waals surface area contributed by atoms with Crippen LogP contribution < -0.4 is 10.9 Å². The fraction of sp³-hybridized carbons (Fsp3) is 0.389. The van der Waals surface area contributed by atoms with E-state index in [1.807, 2.05) is 24.3 Å². The van der Waals surface area contributed by atoms with Crippen LogP contribution in [0.1, 0.15) is 31.5 Å². The van der Waals surface area contributed by atoms with Gasteiger partial charge in [0.2, 0.25) is 5.91 Å². The Morgan fingerprint density at radius 3 is 2.88 bits per heavy atom. The molecule has 6 heteroatoms. The highest BCUT2D eigenvalue weighted by molar-refractivity contribution is 7.25. The molecule has 1 N–H and O–H groups in total. The lowest BCUT2D eigenvalue weighted by molar-refractivity contribution is -0.122. The summed E-state index contributed by atoms with van der Waals surface area (Å²) in [5.74, 6) is 0.479. The molecule has 5 nitrogen and oxygen atoms in total. The van der Waals surface area contributed by atoms with E-state index in [1.165, 1.54) is 28.7 Å². The number of nitrogens with zero attached hydrogens (tertiary/aromatic N) is 2. The third kappa shape index (κ3) is 2.60. The van der Waals surface area contributed by atoms with Crippen LogP contribution in [0.15, 0.2) is 29.1 Å². The maximum atomic E-state index is 12.8. The first-order valence-electron chi connectivity index (χ1n) is 8.31.